The molecule has 0 saturated carbocycles. The predicted molar refractivity (Wildman–Crippen MR) is 79.5 cm³/mol. The number of nitrogens with zero attached hydrogens (tertiary/aromatic N) is 2. The van der Waals surface area contributed by atoms with E-state index in [1.807, 2.05) is 6.07 Å². The molecule has 0 radical (unpaired) electrons. The van der Waals surface area contributed by atoms with E-state index in [0.29, 0.717) is 24.8 Å². The van der Waals surface area contributed by atoms with Gasteiger partial charge in [-0.2, -0.15) is 4.98 Å². The van der Waals surface area contributed by atoms with Crippen LogP contribution in [-0.4, -0.2) is 16.7 Å². The first kappa shape index (κ1) is 14.7. The van der Waals surface area contributed by atoms with E-state index in [-0.39, 0.29) is 5.92 Å². The summed E-state index contributed by atoms with van der Waals surface area (Å²) in [5.74, 6) is 2.13. The molecular formula is C16H23N3O. The van der Waals surface area contributed by atoms with E-state index in [1.165, 1.54) is 11.1 Å². The summed E-state index contributed by atoms with van der Waals surface area (Å²) < 4.78 is 5.38. The third-order valence-corrected chi connectivity index (χ3v) is 3.32. The fourth-order valence-electron chi connectivity index (χ4n) is 2.38. The Balaban J connectivity index is 2.08. The summed E-state index contributed by atoms with van der Waals surface area (Å²) in [5.41, 5.74) is 8.25. The highest BCUT2D eigenvalue weighted by atomic mass is 16.5. The minimum atomic E-state index is 0.161. The monoisotopic (exact) mass is 273 g/mol. The number of hydrogen-bond donors (Lipinski definition) is 1. The maximum absolute atomic E-state index is 5.81. The van der Waals surface area contributed by atoms with Crippen LogP contribution in [0, 0.1) is 12.8 Å². The van der Waals surface area contributed by atoms with Crippen LogP contribution in [0.15, 0.2) is 28.8 Å². The van der Waals surface area contributed by atoms with Crippen molar-refractivity contribution in [1.82, 2.24) is 10.1 Å². The Morgan fingerprint density at radius 1 is 1.30 bits per heavy atom. The highest BCUT2D eigenvalue weighted by Crippen LogP contribution is 2.21. The Morgan fingerprint density at radius 2 is 2.10 bits per heavy atom. The molecule has 1 unspecified atom stereocenters. The van der Waals surface area contributed by atoms with Gasteiger partial charge in [-0.25, -0.2) is 0 Å². The molecule has 0 amide bonds. The summed E-state index contributed by atoms with van der Waals surface area (Å²) in [4.78, 5) is 4.50. The highest BCUT2D eigenvalue weighted by Gasteiger charge is 2.18. The smallest absolute Gasteiger partial charge is 0.231 e. The zero-order valence-electron chi connectivity index (χ0n) is 12.5. The molecule has 2 aromatic rings. The summed E-state index contributed by atoms with van der Waals surface area (Å²) in [6, 6.07) is 8.35. The number of benzene rings is 1. The molecule has 0 aliphatic carbocycles. The predicted octanol–water partition coefficient (Wildman–Crippen LogP) is 3.06. The van der Waals surface area contributed by atoms with Gasteiger partial charge in [-0.3, -0.25) is 0 Å². The molecule has 1 heterocycles. The molecule has 1 aromatic heterocycles. The van der Waals surface area contributed by atoms with Crippen LogP contribution < -0.4 is 5.73 Å². The van der Waals surface area contributed by atoms with Gasteiger partial charge >= 0.3 is 0 Å². The molecule has 2 N–H and O–H groups in total. The van der Waals surface area contributed by atoms with E-state index >= 15 is 0 Å². The molecule has 0 fully saturated rings. The lowest BCUT2D eigenvalue weighted by Gasteiger charge is -2.11. The van der Waals surface area contributed by atoms with E-state index in [4.69, 9.17) is 10.3 Å². The van der Waals surface area contributed by atoms with Gasteiger partial charge in [0.2, 0.25) is 5.89 Å². The summed E-state index contributed by atoms with van der Waals surface area (Å²) in [5, 5.41) is 4.08. The lowest BCUT2D eigenvalue weighted by Crippen LogP contribution is -2.15. The molecular weight excluding hydrogens is 250 g/mol. The van der Waals surface area contributed by atoms with E-state index in [9.17, 15) is 0 Å². The van der Waals surface area contributed by atoms with Gasteiger partial charge in [0.05, 0.1) is 5.92 Å². The van der Waals surface area contributed by atoms with Crippen LogP contribution in [0.3, 0.4) is 0 Å². The SMILES string of the molecule is Cc1cccc(Cc2noc(C(CN)CC(C)C)n2)c1. The lowest BCUT2D eigenvalue weighted by atomic mass is 9.97. The summed E-state index contributed by atoms with van der Waals surface area (Å²) >= 11 is 0. The van der Waals surface area contributed by atoms with E-state index in [0.717, 1.165) is 12.2 Å². The Morgan fingerprint density at radius 3 is 2.75 bits per heavy atom. The first-order chi connectivity index (χ1) is 9.58. The van der Waals surface area contributed by atoms with Gasteiger partial charge in [0.25, 0.3) is 0 Å². The average molecular weight is 273 g/mol. The first-order valence-corrected chi connectivity index (χ1v) is 7.16. The normalized spacial score (nSPS) is 12.8. The van der Waals surface area contributed by atoms with Crippen LogP contribution in [0.4, 0.5) is 0 Å². The molecule has 4 heteroatoms. The number of rotatable bonds is 6. The molecule has 4 nitrogen and oxygen atoms in total. The third kappa shape index (κ3) is 3.90. The van der Waals surface area contributed by atoms with Crippen LogP contribution in [0.1, 0.15) is 49.0 Å². The lowest BCUT2D eigenvalue weighted by molar-refractivity contribution is 0.332. The zero-order valence-corrected chi connectivity index (χ0v) is 12.5. The second-order valence-electron chi connectivity index (χ2n) is 5.78. The first-order valence-electron chi connectivity index (χ1n) is 7.16. The molecule has 0 saturated heterocycles. The summed E-state index contributed by atoms with van der Waals surface area (Å²) in [7, 11) is 0. The van der Waals surface area contributed by atoms with Gasteiger partial charge in [0.1, 0.15) is 0 Å². The molecule has 20 heavy (non-hydrogen) atoms. The molecule has 1 aromatic carbocycles. The van der Waals surface area contributed by atoms with Crippen molar-refractivity contribution in [3.63, 3.8) is 0 Å². The van der Waals surface area contributed by atoms with Gasteiger partial charge in [-0.1, -0.05) is 48.8 Å². The van der Waals surface area contributed by atoms with E-state index in [2.05, 4.69) is 49.1 Å². The maximum Gasteiger partial charge on any atom is 0.231 e. The minimum absolute atomic E-state index is 0.161. The van der Waals surface area contributed by atoms with Crippen molar-refractivity contribution < 1.29 is 4.52 Å². The number of aryl methyl sites for hydroxylation is 1. The van der Waals surface area contributed by atoms with Gasteiger partial charge < -0.3 is 10.3 Å². The van der Waals surface area contributed by atoms with Crippen LogP contribution >= 0.6 is 0 Å². The van der Waals surface area contributed by atoms with Crippen molar-refractivity contribution in [1.29, 1.82) is 0 Å². The molecule has 1 atom stereocenters. The molecule has 2 rings (SSSR count). The van der Waals surface area contributed by atoms with E-state index < -0.39 is 0 Å². The van der Waals surface area contributed by atoms with Crippen molar-refractivity contribution in [3.8, 4) is 0 Å². The van der Waals surface area contributed by atoms with Gasteiger partial charge in [0, 0.05) is 13.0 Å². The van der Waals surface area contributed by atoms with Crippen molar-refractivity contribution in [2.45, 2.75) is 39.5 Å². The molecule has 108 valence electrons. The molecule has 0 spiro atoms. The Kier molecular flexibility index (Phi) is 4.90. The number of hydrogen-bond acceptors (Lipinski definition) is 4. The number of aromatic nitrogens is 2. The standard InChI is InChI=1S/C16H23N3O/c1-11(2)7-14(10-17)16-18-15(19-20-16)9-13-6-4-5-12(3)8-13/h4-6,8,11,14H,7,9-10,17H2,1-3H3. The fourth-order valence-corrected chi connectivity index (χ4v) is 2.38. The second kappa shape index (κ2) is 6.66. The van der Waals surface area contributed by atoms with Gasteiger partial charge in [-0.15, -0.1) is 0 Å². The second-order valence-corrected chi connectivity index (χ2v) is 5.78. The summed E-state index contributed by atoms with van der Waals surface area (Å²) in [6.07, 6.45) is 1.67. The Labute approximate surface area is 120 Å². The van der Waals surface area contributed by atoms with Crippen LogP contribution in [0.25, 0.3) is 0 Å². The molecule has 0 bridgehead atoms. The van der Waals surface area contributed by atoms with Crippen molar-refractivity contribution in [2.75, 3.05) is 6.54 Å². The molecule has 0 aliphatic rings. The number of nitrogens with two attached hydrogens (primary N) is 1. The largest absolute Gasteiger partial charge is 0.339 e. The van der Waals surface area contributed by atoms with Gasteiger partial charge in [0.15, 0.2) is 5.82 Å². The Hall–Kier alpha value is -1.68. The van der Waals surface area contributed by atoms with Crippen molar-refractivity contribution in [2.24, 2.45) is 11.7 Å². The van der Waals surface area contributed by atoms with E-state index in [1.54, 1.807) is 0 Å². The molecule has 0 aliphatic heterocycles. The minimum Gasteiger partial charge on any atom is -0.339 e. The third-order valence-electron chi connectivity index (χ3n) is 3.32. The topological polar surface area (TPSA) is 64.9 Å². The average Bonchev–Trinajstić information content (AvgIpc) is 2.84. The Bertz CT molecular complexity index is 548. The highest BCUT2D eigenvalue weighted by molar-refractivity contribution is 5.24. The van der Waals surface area contributed by atoms with Crippen molar-refractivity contribution in [3.05, 3.63) is 47.1 Å². The summed E-state index contributed by atoms with van der Waals surface area (Å²) in [6.45, 7) is 6.97. The zero-order chi connectivity index (χ0) is 14.5. The van der Waals surface area contributed by atoms with Crippen LogP contribution in [0.2, 0.25) is 0 Å². The fraction of sp³-hybridized carbons (Fsp3) is 0.500. The maximum atomic E-state index is 5.81. The van der Waals surface area contributed by atoms with Crippen LogP contribution in [0.5, 0.6) is 0 Å². The van der Waals surface area contributed by atoms with Crippen LogP contribution in [-0.2, 0) is 6.42 Å². The van der Waals surface area contributed by atoms with Crippen molar-refractivity contribution >= 4 is 0 Å². The van der Waals surface area contributed by atoms with Gasteiger partial charge in [-0.05, 0) is 24.8 Å². The quantitative estimate of drug-likeness (QED) is 0.878.